The number of aromatic amines is 1. The lowest BCUT2D eigenvalue weighted by molar-refractivity contribution is 0.970. The SMILES string of the molecule is Clc1ccc(-c2nc(SCc3nnsc3Cl)n[nH]2)cc1. The van der Waals surface area contributed by atoms with Gasteiger partial charge in [0.05, 0.1) is 0 Å². The first-order valence-electron chi connectivity index (χ1n) is 5.50. The second kappa shape index (κ2) is 6.09. The maximum atomic E-state index is 5.94. The molecular formula is C11H7Cl2N5S2. The van der Waals surface area contributed by atoms with Crippen molar-refractivity contribution in [3.63, 3.8) is 0 Å². The highest BCUT2D eigenvalue weighted by molar-refractivity contribution is 7.98. The number of thioether (sulfide) groups is 1. The predicted octanol–water partition coefficient (Wildman–Crippen LogP) is 3.92. The number of nitrogens with zero attached hydrogens (tertiary/aromatic N) is 4. The highest BCUT2D eigenvalue weighted by Gasteiger charge is 2.10. The van der Waals surface area contributed by atoms with Crippen molar-refractivity contribution in [2.24, 2.45) is 0 Å². The zero-order chi connectivity index (χ0) is 13.9. The van der Waals surface area contributed by atoms with Gasteiger partial charge in [-0.15, -0.1) is 10.2 Å². The van der Waals surface area contributed by atoms with Crippen LogP contribution in [0.3, 0.4) is 0 Å². The molecule has 0 aliphatic rings. The van der Waals surface area contributed by atoms with E-state index in [1.165, 1.54) is 23.3 Å². The van der Waals surface area contributed by atoms with Crippen LogP contribution in [0.15, 0.2) is 29.4 Å². The average Bonchev–Trinajstić information content (AvgIpc) is 3.06. The Balaban J connectivity index is 1.71. The van der Waals surface area contributed by atoms with E-state index in [4.69, 9.17) is 23.2 Å². The molecule has 102 valence electrons. The molecular weight excluding hydrogens is 337 g/mol. The van der Waals surface area contributed by atoms with Crippen LogP contribution in [0.5, 0.6) is 0 Å². The number of benzene rings is 1. The van der Waals surface area contributed by atoms with Crippen molar-refractivity contribution in [2.45, 2.75) is 10.9 Å². The molecule has 0 fully saturated rings. The lowest BCUT2D eigenvalue weighted by Crippen LogP contribution is -1.83. The molecule has 1 N–H and O–H groups in total. The Morgan fingerprint density at radius 3 is 2.70 bits per heavy atom. The zero-order valence-corrected chi connectivity index (χ0v) is 13.0. The molecule has 0 aliphatic heterocycles. The van der Waals surface area contributed by atoms with E-state index in [9.17, 15) is 0 Å². The molecule has 0 saturated heterocycles. The van der Waals surface area contributed by atoms with E-state index in [1.807, 2.05) is 24.3 Å². The van der Waals surface area contributed by atoms with Gasteiger partial charge in [0.1, 0.15) is 10.0 Å². The highest BCUT2D eigenvalue weighted by Crippen LogP contribution is 2.26. The fourth-order valence-corrected chi connectivity index (χ4v) is 3.12. The third-order valence-electron chi connectivity index (χ3n) is 2.43. The van der Waals surface area contributed by atoms with Gasteiger partial charge in [-0.3, -0.25) is 5.10 Å². The van der Waals surface area contributed by atoms with Gasteiger partial charge in [-0.2, -0.15) is 0 Å². The molecule has 20 heavy (non-hydrogen) atoms. The summed E-state index contributed by atoms with van der Waals surface area (Å²) in [5.41, 5.74) is 1.68. The van der Waals surface area contributed by atoms with E-state index >= 15 is 0 Å². The van der Waals surface area contributed by atoms with E-state index < -0.39 is 0 Å². The molecule has 0 amide bonds. The fraction of sp³-hybridized carbons (Fsp3) is 0.0909. The predicted molar refractivity (Wildman–Crippen MR) is 81.3 cm³/mol. The first kappa shape index (κ1) is 13.8. The molecule has 0 aliphatic carbocycles. The first-order valence-corrected chi connectivity index (χ1v) is 8.02. The topological polar surface area (TPSA) is 67.3 Å². The van der Waals surface area contributed by atoms with Crippen molar-refractivity contribution in [1.82, 2.24) is 24.8 Å². The van der Waals surface area contributed by atoms with Gasteiger partial charge in [-0.05, 0) is 24.3 Å². The molecule has 3 rings (SSSR count). The van der Waals surface area contributed by atoms with Crippen molar-refractivity contribution >= 4 is 46.5 Å². The largest absolute Gasteiger partial charge is 0.258 e. The summed E-state index contributed by atoms with van der Waals surface area (Å²) in [5.74, 6) is 1.29. The van der Waals surface area contributed by atoms with Crippen molar-refractivity contribution in [1.29, 1.82) is 0 Å². The zero-order valence-electron chi connectivity index (χ0n) is 9.88. The molecule has 0 spiro atoms. The van der Waals surface area contributed by atoms with E-state index in [0.717, 1.165) is 11.3 Å². The normalized spacial score (nSPS) is 10.9. The Bertz CT molecular complexity index is 710. The minimum absolute atomic E-state index is 0.591. The van der Waals surface area contributed by atoms with E-state index in [1.54, 1.807) is 0 Å². The lowest BCUT2D eigenvalue weighted by atomic mass is 10.2. The molecule has 0 radical (unpaired) electrons. The molecule has 0 saturated carbocycles. The smallest absolute Gasteiger partial charge is 0.209 e. The number of hydrogen-bond donors (Lipinski definition) is 1. The van der Waals surface area contributed by atoms with Crippen LogP contribution in [-0.2, 0) is 5.75 Å². The second-order valence-corrected chi connectivity index (χ2v) is 6.49. The molecule has 5 nitrogen and oxygen atoms in total. The van der Waals surface area contributed by atoms with Crippen LogP contribution in [0.25, 0.3) is 11.4 Å². The van der Waals surface area contributed by atoms with Gasteiger partial charge in [0, 0.05) is 27.9 Å². The van der Waals surface area contributed by atoms with Crippen molar-refractivity contribution < 1.29 is 0 Å². The molecule has 9 heteroatoms. The van der Waals surface area contributed by atoms with Gasteiger partial charge in [0.2, 0.25) is 5.16 Å². The second-order valence-electron chi connectivity index (χ2n) is 3.76. The van der Waals surface area contributed by atoms with E-state index in [-0.39, 0.29) is 0 Å². The Hall–Kier alpha value is -1.15. The van der Waals surface area contributed by atoms with E-state index in [0.29, 0.717) is 26.1 Å². The first-order chi connectivity index (χ1) is 9.72. The van der Waals surface area contributed by atoms with Gasteiger partial charge in [0.15, 0.2) is 5.82 Å². The summed E-state index contributed by atoms with van der Waals surface area (Å²) in [6, 6.07) is 7.40. The maximum Gasteiger partial charge on any atom is 0.209 e. The molecule has 0 bridgehead atoms. The van der Waals surface area contributed by atoms with Crippen LogP contribution >= 0.6 is 46.5 Å². The summed E-state index contributed by atoms with van der Waals surface area (Å²) in [6.45, 7) is 0. The Kier molecular flexibility index (Phi) is 4.21. The quantitative estimate of drug-likeness (QED) is 0.727. The van der Waals surface area contributed by atoms with Crippen molar-refractivity contribution in [2.75, 3.05) is 0 Å². The van der Waals surface area contributed by atoms with Crippen LogP contribution in [0, 0.1) is 0 Å². The van der Waals surface area contributed by atoms with Crippen LogP contribution in [0.4, 0.5) is 0 Å². The molecule has 2 heterocycles. The summed E-state index contributed by atoms with van der Waals surface area (Å²) in [6.07, 6.45) is 0. The molecule has 0 atom stereocenters. The highest BCUT2D eigenvalue weighted by atomic mass is 35.5. The minimum atomic E-state index is 0.591. The van der Waals surface area contributed by atoms with Gasteiger partial charge >= 0.3 is 0 Å². The number of aromatic nitrogens is 5. The van der Waals surface area contributed by atoms with Crippen LogP contribution in [-0.4, -0.2) is 24.8 Å². The summed E-state index contributed by atoms with van der Waals surface area (Å²) in [7, 11) is 0. The van der Waals surface area contributed by atoms with Gasteiger partial charge in [0.25, 0.3) is 0 Å². The minimum Gasteiger partial charge on any atom is -0.258 e. The van der Waals surface area contributed by atoms with Gasteiger partial charge < -0.3 is 0 Å². The third-order valence-corrected chi connectivity index (χ3v) is 4.52. The van der Waals surface area contributed by atoms with Crippen LogP contribution < -0.4 is 0 Å². The number of hydrogen-bond acceptors (Lipinski definition) is 6. The van der Waals surface area contributed by atoms with Crippen molar-refractivity contribution in [3.8, 4) is 11.4 Å². The summed E-state index contributed by atoms with van der Waals surface area (Å²) >= 11 is 14.4. The third kappa shape index (κ3) is 3.12. The Morgan fingerprint density at radius 1 is 1.20 bits per heavy atom. The molecule has 3 aromatic rings. The Morgan fingerprint density at radius 2 is 2.00 bits per heavy atom. The van der Waals surface area contributed by atoms with Gasteiger partial charge in [-0.1, -0.05) is 39.5 Å². The van der Waals surface area contributed by atoms with Crippen LogP contribution in [0.2, 0.25) is 9.36 Å². The lowest BCUT2D eigenvalue weighted by Gasteiger charge is -1.95. The standard InChI is InChI=1S/C11H7Cl2N5S2/c12-7-3-1-6(2-4-7)10-14-11(17-16-10)19-5-8-9(13)20-18-15-8/h1-4H,5H2,(H,14,16,17). The summed E-state index contributed by atoms with van der Waals surface area (Å²) in [4.78, 5) is 4.40. The number of rotatable bonds is 4. The summed E-state index contributed by atoms with van der Waals surface area (Å²) < 4.78 is 4.38. The Labute approximate surface area is 132 Å². The number of H-pyrrole nitrogens is 1. The number of halogens is 2. The van der Waals surface area contributed by atoms with E-state index in [2.05, 4.69) is 24.8 Å². The molecule has 2 aromatic heterocycles. The molecule has 1 aromatic carbocycles. The maximum absolute atomic E-state index is 5.94. The monoisotopic (exact) mass is 343 g/mol. The van der Waals surface area contributed by atoms with Crippen LogP contribution in [0.1, 0.15) is 5.69 Å². The van der Waals surface area contributed by atoms with Gasteiger partial charge in [-0.25, -0.2) is 4.98 Å². The average molecular weight is 344 g/mol. The fourth-order valence-electron chi connectivity index (χ4n) is 1.46. The number of nitrogens with one attached hydrogen (secondary N) is 1. The van der Waals surface area contributed by atoms with Crippen molar-refractivity contribution in [3.05, 3.63) is 39.3 Å². The molecule has 0 unspecified atom stereocenters. The summed E-state index contributed by atoms with van der Waals surface area (Å²) in [5, 5.41) is 12.3.